The average Bonchev–Trinajstić information content (AvgIpc) is 2.61. The molecule has 4 heteroatoms. The number of anilines is 1. The molecule has 120 valence electrons. The minimum absolute atomic E-state index is 0.0572. The fraction of sp³-hybridized carbons (Fsp3) is 0.263. The van der Waals surface area contributed by atoms with Crippen LogP contribution in [-0.4, -0.2) is 31.0 Å². The van der Waals surface area contributed by atoms with Crippen LogP contribution >= 0.6 is 0 Å². The number of benzene rings is 1. The molecule has 1 heterocycles. The number of nitrogens with one attached hydrogen (secondary N) is 1. The molecule has 0 saturated heterocycles. The van der Waals surface area contributed by atoms with Crippen molar-refractivity contribution in [3.05, 3.63) is 66.5 Å². The Morgan fingerprint density at radius 2 is 1.87 bits per heavy atom. The summed E-state index contributed by atoms with van der Waals surface area (Å²) in [4.78, 5) is 17.9. The van der Waals surface area contributed by atoms with E-state index in [1.54, 1.807) is 24.5 Å². The first-order chi connectivity index (χ1) is 11.3. The normalized spacial score (nSPS) is 10.7. The molecule has 0 radical (unpaired) electrons. The fourth-order valence-electron chi connectivity index (χ4n) is 2.20. The Labute approximate surface area is 137 Å². The number of nitrogens with zero attached hydrogens (tertiary/aromatic N) is 2. The summed E-state index contributed by atoms with van der Waals surface area (Å²) in [6.07, 6.45) is 8.78. The molecule has 0 fully saturated rings. The third kappa shape index (κ3) is 6.34. The molecule has 0 bridgehead atoms. The number of unbranched alkanes of at least 4 members (excludes halogenated alkanes) is 1. The molecule has 23 heavy (non-hydrogen) atoms. The summed E-state index contributed by atoms with van der Waals surface area (Å²) in [5.74, 6) is -0.0572. The molecule has 0 atom stereocenters. The molecule has 0 unspecified atom stereocenters. The van der Waals surface area contributed by atoms with Gasteiger partial charge in [0.15, 0.2) is 0 Å². The first-order valence-corrected chi connectivity index (χ1v) is 7.88. The Morgan fingerprint density at radius 1 is 1.13 bits per heavy atom. The smallest absolute Gasteiger partial charge is 0.243 e. The van der Waals surface area contributed by atoms with Crippen LogP contribution in [0.4, 0.5) is 5.69 Å². The van der Waals surface area contributed by atoms with Crippen molar-refractivity contribution in [1.82, 2.24) is 10.3 Å². The van der Waals surface area contributed by atoms with Crippen LogP contribution in [0.5, 0.6) is 0 Å². The fourth-order valence-corrected chi connectivity index (χ4v) is 2.20. The molecule has 0 saturated carbocycles. The van der Waals surface area contributed by atoms with Crippen LogP contribution in [0.1, 0.15) is 18.4 Å². The van der Waals surface area contributed by atoms with E-state index < -0.39 is 0 Å². The standard InChI is InChI=1S/C19H23N3O/c1-22(18-7-3-2-4-8-18)16-6-5-13-21-19(23)10-9-17-11-14-20-15-12-17/h2-4,7-12,14-15H,5-6,13,16H2,1H3,(H,21,23)/b10-9+. The lowest BCUT2D eigenvalue weighted by atomic mass is 10.2. The number of hydrogen-bond donors (Lipinski definition) is 1. The van der Waals surface area contributed by atoms with Gasteiger partial charge in [0, 0.05) is 44.3 Å². The lowest BCUT2D eigenvalue weighted by Crippen LogP contribution is -2.24. The molecule has 1 N–H and O–H groups in total. The van der Waals surface area contributed by atoms with Gasteiger partial charge in [0.25, 0.3) is 0 Å². The van der Waals surface area contributed by atoms with Crippen LogP contribution in [0.25, 0.3) is 6.08 Å². The minimum Gasteiger partial charge on any atom is -0.375 e. The number of para-hydroxylation sites is 1. The second-order valence-electron chi connectivity index (χ2n) is 5.37. The second kappa shape index (κ2) is 9.41. The maximum absolute atomic E-state index is 11.7. The topological polar surface area (TPSA) is 45.2 Å². The molecule has 0 aliphatic carbocycles. The van der Waals surface area contributed by atoms with Gasteiger partial charge in [0.05, 0.1) is 0 Å². The number of carbonyl (C=O) groups is 1. The summed E-state index contributed by atoms with van der Waals surface area (Å²) < 4.78 is 0. The molecule has 0 spiro atoms. The molecular weight excluding hydrogens is 286 g/mol. The van der Waals surface area contributed by atoms with Gasteiger partial charge in [-0.3, -0.25) is 9.78 Å². The highest BCUT2D eigenvalue weighted by atomic mass is 16.1. The van der Waals surface area contributed by atoms with Crippen molar-refractivity contribution in [2.75, 3.05) is 25.0 Å². The summed E-state index contributed by atoms with van der Waals surface area (Å²) in [6.45, 7) is 1.68. The van der Waals surface area contributed by atoms with Crippen LogP contribution in [-0.2, 0) is 4.79 Å². The first kappa shape index (κ1) is 16.7. The van der Waals surface area contributed by atoms with Gasteiger partial charge in [-0.15, -0.1) is 0 Å². The Kier molecular flexibility index (Phi) is 6.85. The zero-order valence-corrected chi connectivity index (χ0v) is 13.5. The first-order valence-electron chi connectivity index (χ1n) is 7.88. The summed E-state index contributed by atoms with van der Waals surface area (Å²) in [6, 6.07) is 14.0. The van der Waals surface area contributed by atoms with Crippen molar-refractivity contribution in [3.8, 4) is 0 Å². The Balaban J connectivity index is 1.60. The van der Waals surface area contributed by atoms with Gasteiger partial charge in [-0.1, -0.05) is 18.2 Å². The third-order valence-corrected chi connectivity index (χ3v) is 3.55. The van der Waals surface area contributed by atoms with E-state index in [-0.39, 0.29) is 5.91 Å². The quantitative estimate of drug-likeness (QED) is 0.602. The van der Waals surface area contributed by atoms with E-state index in [2.05, 4.69) is 34.4 Å². The van der Waals surface area contributed by atoms with Crippen molar-refractivity contribution in [1.29, 1.82) is 0 Å². The van der Waals surface area contributed by atoms with Crippen molar-refractivity contribution >= 4 is 17.7 Å². The Hall–Kier alpha value is -2.62. The summed E-state index contributed by atoms with van der Waals surface area (Å²) >= 11 is 0. The second-order valence-corrected chi connectivity index (χ2v) is 5.37. The van der Waals surface area contributed by atoms with E-state index in [0.717, 1.165) is 24.9 Å². The van der Waals surface area contributed by atoms with E-state index in [0.29, 0.717) is 6.54 Å². The van der Waals surface area contributed by atoms with Gasteiger partial charge >= 0.3 is 0 Å². The van der Waals surface area contributed by atoms with Crippen LogP contribution in [0, 0.1) is 0 Å². The third-order valence-electron chi connectivity index (χ3n) is 3.55. The largest absolute Gasteiger partial charge is 0.375 e. The summed E-state index contributed by atoms with van der Waals surface area (Å²) in [5.41, 5.74) is 2.19. The molecular formula is C19H23N3O. The highest BCUT2D eigenvalue weighted by molar-refractivity contribution is 5.91. The molecule has 1 aromatic heterocycles. The van der Waals surface area contributed by atoms with E-state index in [4.69, 9.17) is 0 Å². The lowest BCUT2D eigenvalue weighted by Gasteiger charge is -2.18. The van der Waals surface area contributed by atoms with E-state index in [1.165, 1.54) is 5.69 Å². The highest BCUT2D eigenvalue weighted by Gasteiger charge is 2.00. The average molecular weight is 309 g/mol. The van der Waals surface area contributed by atoms with Crippen molar-refractivity contribution in [3.63, 3.8) is 0 Å². The Morgan fingerprint density at radius 3 is 2.61 bits per heavy atom. The molecule has 4 nitrogen and oxygen atoms in total. The number of carbonyl (C=O) groups excluding carboxylic acids is 1. The van der Waals surface area contributed by atoms with Gasteiger partial charge in [0.2, 0.25) is 5.91 Å². The summed E-state index contributed by atoms with van der Waals surface area (Å²) in [7, 11) is 2.09. The lowest BCUT2D eigenvalue weighted by molar-refractivity contribution is -0.116. The maximum Gasteiger partial charge on any atom is 0.243 e. The molecule has 0 aliphatic heterocycles. The highest BCUT2D eigenvalue weighted by Crippen LogP contribution is 2.11. The minimum atomic E-state index is -0.0572. The molecule has 1 amide bonds. The SMILES string of the molecule is CN(CCCCNC(=O)/C=C/c1ccncc1)c1ccccc1. The molecule has 2 aromatic rings. The predicted octanol–water partition coefficient (Wildman–Crippen LogP) is 3.13. The van der Waals surface area contributed by atoms with Gasteiger partial charge < -0.3 is 10.2 Å². The number of rotatable bonds is 8. The molecule has 1 aromatic carbocycles. The van der Waals surface area contributed by atoms with Crippen molar-refractivity contribution < 1.29 is 4.79 Å². The monoisotopic (exact) mass is 309 g/mol. The summed E-state index contributed by atoms with van der Waals surface area (Å²) in [5, 5.41) is 2.91. The number of hydrogen-bond acceptors (Lipinski definition) is 3. The van der Waals surface area contributed by atoms with Crippen LogP contribution in [0.3, 0.4) is 0 Å². The van der Waals surface area contributed by atoms with Crippen LogP contribution in [0.15, 0.2) is 60.9 Å². The zero-order chi connectivity index (χ0) is 16.3. The predicted molar refractivity (Wildman–Crippen MR) is 95.2 cm³/mol. The van der Waals surface area contributed by atoms with Gasteiger partial charge in [-0.05, 0) is 48.7 Å². The molecule has 0 aliphatic rings. The number of pyridine rings is 1. The number of amides is 1. The van der Waals surface area contributed by atoms with Crippen molar-refractivity contribution in [2.24, 2.45) is 0 Å². The zero-order valence-electron chi connectivity index (χ0n) is 13.5. The van der Waals surface area contributed by atoms with E-state index >= 15 is 0 Å². The van der Waals surface area contributed by atoms with Crippen molar-refractivity contribution in [2.45, 2.75) is 12.8 Å². The van der Waals surface area contributed by atoms with Crippen LogP contribution in [0.2, 0.25) is 0 Å². The van der Waals surface area contributed by atoms with Gasteiger partial charge in [-0.2, -0.15) is 0 Å². The maximum atomic E-state index is 11.7. The van der Waals surface area contributed by atoms with E-state index in [1.807, 2.05) is 30.3 Å². The Bertz CT molecular complexity index is 611. The van der Waals surface area contributed by atoms with E-state index in [9.17, 15) is 4.79 Å². The molecule has 2 rings (SSSR count). The van der Waals surface area contributed by atoms with Gasteiger partial charge in [-0.25, -0.2) is 0 Å². The van der Waals surface area contributed by atoms with Gasteiger partial charge in [0.1, 0.15) is 0 Å². The number of aromatic nitrogens is 1. The van der Waals surface area contributed by atoms with Crippen LogP contribution < -0.4 is 10.2 Å².